The van der Waals surface area contributed by atoms with Gasteiger partial charge in [-0.3, -0.25) is 9.59 Å². The van der Waals surface area contributed by atoms with Gasteiger partial charge in [-0.25, -0.2) is 0 Å². The van der Waals surface area contributed by atoms with Crippen molar-refractivity contribution in [3.63, 3.8) is 0 Å². The Morgan fingerprint density at radius 1 is 1.33 bits per heavy atom. The highest BCUT2D eigenvalue weighted by atomic mass is 16.2. The molecule has 1 heterocycles. The average Bonchev–Trinajstić information content (AvgIpc) is 2.92. The van der Waals surface area contributed by atoms with Gasteiger partial charge < -0.3 is 16.0 Å². The van der Waals surface area contributed by atoms with E-state index in [1.807, 2.05) is 0 Å². The second-order valence-corrected chi connectivity index (χ2v) is 4.30. The lowest BCUT2D eigenvalue weighted by Crippen LogP contribution is -2.26. The number of para-hydroxylation sites is 1. The van der Waals surface area contributed by atoms with Crippen molar-refractivity contribution >= 4 is 17.5 Å². The predicted octanol–water partition coefficient (Wildman–Crippen LogP) is 0.594. The van der Waals surface area contributed by atoms with Gasteiger partial charge in [0.05, 0.1) is 17.2 Å². The van der Waals surface area contributed by atoms with Gasteiger partial charge in [0, 0.05) is 13.6 Å². The number of carbonyl (C=O) groups is 2. The predicted molar refractivity (Wildman–Crippen MR) is 69.4 cm³/mol. The molecule has 1 aromatic rings. The lowest BCUT2D eigenvalue weighted by atomic mass is 10.1. The smallest absolute Gasteiger partial charge is 0.253 e. The fraction of sp³-hybridized carbons (Fsp3) is 0.385. The fourth-order valence-corrected chi connectivity index (χ4v) is 2.04. The van der Waals surface area contributed by atoms with Crippen LogP contribution in [0, 0.1) is 5.92 Å². The first kappa shape index (κ1) is 12.6. The molecule has 5 heteroatoms. The fourth-order valence-electron chi connectivity index (χ4n) is 2.04. The normalized spacial score (nSPS) is 18.4. The molecule has 0 bridgehead atoms. The van der Waals surface area contributed by atoms with E-state index in [1.165, 1.54) is 0 Å². The quantitative estimate of drug-likeness (QED) is 0.732. The number of rotatable bonds is 3. The van der Waals surface area contributed by atoms with Crippen LogP contribution in [0.2, 0.25) is 0 Å². The third-order valence-electron chi connectivity index (χ3n) is 3.09. The number of benzene rings is 1. The molecule has 0 saturated carbocycles. The number of anilines is 1. The van der Waals surface area contributed by atoms with E-state index in [2.05, 4.69) is 16.0 Å². The van der Waals surface area contributed by atoms with E-state index in [1.54, 1.807) is 31.3 Å². The summed E-state index contributed by atoms with van der Waals surface area (Å²) < 4.78 is 0. The number of hydrogen-bond acceptors (Lipinski definition) is 3. The van der Waals surface area contributed by atoms with Crippen LogP contribution in [0.4, 0.5) is 5.69 Å². The Morgan fingerprint density at radius 3 is 2.78 bits per heavy atom. The zero-order valence-electron chi connectivity index (χ0n) is 10.3. The number of carbonyl (C=O) groups excluding carboxylic acids is 2. The minimum atomic E-state index is -0.199. The summed E-state index contributed by atoms with van der Waals surface area (Å²) >= 11 is 0. The molecule has 0 aliphatic carbocycles. The van der Waals surface area contributed by atoms with Crippen LogP contribution >= 0.6 is 0 Å². The number of hydrogen-bond donors (Lipinski definition) is 3. The van der Waals surface area contributed by atoms with Crippen LogP contribution < -0.4 is 16.0 Å². The summed E-state index contributed by atoms with van der Waals surface area (Å²) in [6.07, 6.45) is 0.841. The van der Waals surface area contributed by atoms with Crippen LogP contribution in [0.5, 0.6) is 0 Å². The molecule has 1 unspecified atom stereocenters. The van der Waals surface area contributed by atoms with Gasteiger partial charge in [-0.2, -0.15) is 0 Å². The molecule has 0 radical (unpaired) electrons. The maximum Gasteiger partial charge on any atom is 0.253 e. The second-order valence-electron chi connectivity index (χ2n) is 4.30. The van der Waals surface area contributed by atoms with Crippen molar-refractivity contribution < 1.29 is 9.59 Å². The minimum absolute atomic E-state index is 0.0113. The lowest BCUT2D eigenvalue weighted by molar-refractivity contribution is -0.119. The molecule has 96 valence electrons. The van der Waals surface area contributed by atoms with Crippen molar-refractivity contribution in [2.45, 2.75) is 6.42 Å². The van der Waals surface area contributed by atoms with Gasteiger partial charge in [0.15, 0.2) is 0 Å². The summed E-state index contributed by atoms with van der Waals surface area (Å²) in [5.41, 5.74) is 1.05. The maximum atomic E-state index is 12.0. The van der Waals surface area contributed by atoms with Gasteiger partial charge >= 0.3 is 0 Å². The molecule has 1 aromatic carbocycles. The Hall–Kier alpha value is -1.88. The third-order valence-corrected chi connectivity index (χ3v) is 3.09. The average molecular weight is 247 g/mol. The first-order valence-electron chi connectivity index (χ1n) is 6.05. The Kier molecular flexibility index (Phi) is 3.94. The van der Waals surface area contributed by atoms with E-state index in [-0.39, 0.29) is 17.7 Å². The molecule has 1 saturated heterocycles. The highest BCUT2D eigenvalue weighted by molar-refractivity contribution is 6.04. The third kappa shape index (κ3) is 2.68. The van der Waals surface area contributed by atoms with Crippen LogP contribution in [-0.4, -0.2) is 32.0 Å². The molecule has 1 atom stereocenters. The summed E-state index contributed by atoms with van der Waals surface area (Å²) in [5, 5.41) is 8.54. The van der Waals surface area contributed by atoms with Gasteiger partial charge in [0.25, 0.3) is 5.91 Å². The standard InChI is InChI=1S/C13H17N3O2/c1-14-13(18)10-4-2-3-5-11(10)16-12(17)9-6-7-15-8-9/h2-5,9,15H,6-8H2,1H3,(H,14,18)(H,16,17). The Bertz CT molecular complexity index is 453. The number of amides is 2. The van der Waals surface area contributed by atoms with Crippen molar-refractivity contribution in [2.75, 3.05) is 25.5 Å². The maximum absolute atomic E-state index is 12.0. The second kappa shape index (κ2) is 5.64. The largest absolute Gasteiger partial charge is 0.355 e. The van der Waals surface area contributed by atoms with E-state index < -0.39 is 0 Å². The van der Waals surface area contributed by atoms with Gasteiger partial charge in [-0.15, -0.1) is 0 Å². The molecule has 2 rings (SSSR count). The zero-order valence-corrected chi connectivity index (χ0v) is 10.3. The Labute approximate surface area is 106 Å². The molecule has 0 aromatic heterocycles. The molecule has 1 fully saturated rings. The minimum Gasteiger partial charge on any atom is -0.355 e. The first-order valence-corrected chi connectivity index (χ1v) is 6.05. The molecule has 3 N–H and O–H groups in total. The summed E-state index contributed by atoms with van der Waals surface area (Å²) in [5.74, 6) is -0.241. The van der Waals surface area contributed by atoms with Crippen LogP contribution in [-0.2, 0) is 4.79 Å². The van der Waals surface area contributed by atoms with Crippen molar-refractivity contribution in [1.29, 1.82) is 0 Å². The summed E-state index contributed by atoms with van der Waals surface area (Å²) in [6.45, 7) is 1.57. The Balaban J connectivity index is 2.13. The number of nitrogens with one attached hydrogen (secondary N) is 3. The van der Waals surface area contributed by atoms with Crippen molar-refractivity contribution in [3.05, 3.63) is 29.8 Å². The highest BCUT2D eigenvalue weighted by Gasteiger charge is 2.23. The SMILES string of the molecule is CNC(=O)c1ccccc1NC(=O)C1CCNC1. The molecule has 1 aliphatic heterocycles. The van der Waals surface area contributed by atoms with Crippen LogP contribution in [0.3, 0.4) is 0 Å². The molecule has 0 spiro atoms. The van der Waals surface area contributed by atoms with E-state index in [4.69, 9.17) is 0 Å². The van der Waals surface area contributed by atoms with E-state index in [0.29, 0.717) is 17.8 Å². The van der Waals surface area contributed by atoms with Crippen molar-refractivity contribution in [3.8, 4) is 0 Å². The van der Waals surface area contributed by atoms with Gasteiger partial charge in [-0.1, -0.05) is 12.1 Å². The molecule has 18 heavy (non-hydrogen) atoms. The summed E-state index contributed by atoms with van der Waals surface area (Å²) in [4.78, 5) is 23.7. The molecule has 5 nitrogen and oxygen atoms in total. The van der Waals surface area contributed by atoms with E-state index in [0.717, 1.165) is 13.0 Å². The van der Waals surface area contributed by atoms with Gasteiger partial charge in [-0.05, 0) is 25.1 Å². The van der Waals surface area contributed by atoms with Crippen LogP contribution in [0.25, 0.3) is 0 Å². The molecular formula is C13H17N3O2. The topological polar surface area (TPSA) is 70.2 Å². The van der Waals surface area contributed by atoms with Crippen LogP contribution in [0.15, 0.2) is 24.3 Å². The molecule has 1 aliphatic rings. The molecule has 2 amide bonds. The lowest BCUT2D eigenvalue weighted by Gasteiger charge is -2.12. The van der Waals surface area contributed by atoms with E-state index >= 15 is 0 Å². The highest BCUT2D eigenvalue weighted by Crippen LogP contribution is 2.17. The monoisotopic (exact) mass is 247 g/mol. The van der Waals surface area contributed by atoms with Crippen LogP contribution in [0.1, 0.15) is 16.8 Å². The van der Waals surface area contributed by atoms with Gasteiger partial charge in [0.1, 0.15) is 0 Å². The van der Waals surface area contributed by atoms with Gasteiger partial charge in [0.2, 0.25) is 5.91 Å². The summed E-state index contributed by atoms with van der Waals surface area (Å²) in [7, 11) is 1.57. The first-order chi connectivity index (χ1) is 8.72. The summed E-state index contributed by atoms with van der Waals surface area (Å²) in [6, 6.07) is 7.01. The zero-order chi connectivity index (χ0) is 13.0. The molecular weight excluding hydrogens is 230 g/mol. The van der Waals surface area contributed by atoms with Crippen molar-refractivity contribution in [1.82, 2.24) is 10.6 Å². The Morgan fingerprint density at radius 2 is 2.11 bits per heavy atom. The van der Waals surface area contributed by atoms with E-state index in [9.17, 15) is 9.59 Å². The van der Waals surface area contributed by atoms with Crippen molar-refractivity contribution in [2.24, 2.45) is 5.92 Å².